The molecule has 10 heteroatoms. The summed E-state index contributed by atoms with van der Waals surface area (Å²) in [4.78, 5) is 14.3. The Kier molecular flexibility index (Phi) is 7.50. The SMILES string of the molecule is CC(NC(=O)CSc1nnc(N/N=C/c2ccc(N(C)C)cc2)n1N)c1ccccc1. The number of hydrogen-bond donors (Lipinski definition) is 3. The number of nitrogens with two attached hydrogens (primary N) is 1. The second-order valence-corrected chi connectivity index (χ2v) is 7.96. The molecule has 0 bridgehead atoms. The van der Waals surface area contributed by atoms with Crippen molar-refractivity contribution in [2.45, 2.75) is 18.1 Å². The van der Waals surface area contributed by atoms with Crippen LogP contribution in [0.4, 0.5) is 11.6 Å². The first-order chi connectivity index (χ1) is 14.9. The first-order valence-electron chi connectivity index (χ1n) is 9.68. The zero-order valence-corrected chi connectivity index (χ0v) is 18.5. The average molecular weight is 439 g/mol. The molecule has 0 aliphatic rings. The van der Waals surface area contributed by atoms with E-state index in [0.29, 0.717) is 5.16 Å². The van der Waals surface area contributed by atoms with Crippen molar-refractivity contribution in [2.75, 3.05) is 36.0 Å². The van der Waals surface area contributed by atoms with Crippen molar-refractivity contribution in [3.63, 3.8) is 0 Å². The Bertz CT molecular complexity index is 1020. The largest absolute Gasteiger partial charge is 0.378 e. The summed E-state index contributed by atoms with van der Waals surface area (Å²) in [7, 11) is 3.98. The van der Waals surface area contributed by atoms with Crippen LogP contribution in [0.5, 0.6) is 0 Å². The van der Waals surface area contributed by atoms with Crippen molar-refractivity contribution < 1.29 is 4.79 Å². The van der Waals surface area contributed by atoms with E-state index in [4.69, 9.17) is 5.84 Å². The van der Waals surface area contributed by atoms with Gasteiger partial charge in [-0.05, 0) is 30.2 Å². The lowest BCUT2D eigenvalue weighted by molar-refractivity contribution is -0.119. The summed E-state index contributed by atoms with van der Waals surface area (Å²) in [6.45, 7) is 1.94. The van der Waals surface area contributed by atoms with Gasteiger partial charge in [-0.1, -0.05) is 54.2 Å². The molecule has 3 aromatic rings. The number of nitrogens with one attached hydrogen (secondary N) is 2. The topological polar surface area (TPSA) is 113 Å². The summed E-state index contributed by atoms with van der Waals surface area (Å²) in [6, 6.07) is 17.6. The third-order valence-electron chi connectivity index (χ3n) is 4.46. The van der Waals surface area contributed by atoms with E-state index in [-0.39, 0.29) is 23.7 Å². The number of benzene rings is 2. The maximum Gasteiger partial charge on any atom is 0.264 e. The Labute approximate surface area is 185 Å². The third-order valence-corrected chi connectivity index (χ3v) is 5.40. The zero-order chi connectivity index (χ0) is 22.2. The molecule has 2 aromatic carbocycles. The van der Waals surface area contributed by atoms with Crippen LogP contribution >= 0.6 is 11.8 Å². The molecule has 0 aliphatic carbocycles. The van der Waals surface area contributed by atoms with Crippen LogP contribution in [0.2, 0.25) is 0 Å². The summed E-state index contributed by atoms with van der Waals surface area (Å²) < 4.78 is 1.27. The van der Waals surface area contributed by atoms with E-state index >= 15 is 0 Å². The van der Waals surface area contributed by atoms with Gasteiger partial charge in [-0.15, -0.1) is 10.2 Å². The van der Waals surface area contributed by atoms with Crippen LogP contribution < -0.4 is 21.5 Å². The van der Waals surface area contributed by atoms with Gasteiger partial charge in [0.15, 0.2) is 0 Å². The Hall–Kier alpha value is -3.53. The molecular formula is C21H26N8OS. The Morgan fingerprint density at radius 1 is 1.19 bits per heavy atom. The lowest BCUT2D eigenvalue weighted by Gasteiger charge is -2.13. The van der Waals surface area contributed by atoms with Gasteiger partial charge in [0.2, 0.25) is 11.1 Å². The number of nitrogens with zero attached hydrogens (tertiary/aromatic N) is 5. The van der Waals surface area contributed by atoms with Crippen molar-refractivity contribution in [3.05, 3.63) is 65.7 Å². The smallest absolute Gasteiger partial charge is 0.264 e. The van der Waals surface area contributed by atoms with Gasteiger partial charge < -0.3 is 16.1 Å². The summed E-state index contributed by atoms with van der Waals surface area (Å²) in [6.07, 6.45) is 1.67. The highest BCUT2D eigenvalue weighted by atomic mass is 32.2. The van der Waals surface area contributed by atoms with Crippen LogP contribution in [0.15, 0.2) is 64.9 Å². The first kappa shape index (κ1) is 22.2. The van der Waals surface area contributed by atoms with E-state index in [2.05, 4.69) is 26.0 Å². The quantitative estimate of drug-likeness (QED) is 0.204. The lowest BCUT2D eigenvalue weighted by Crippen LogP contribution is -2.28. The molecule has 9 nitrogen and oxygen atoms in total. The molecule has 0 radical (unpaired) electrons. The van der Waals surface area contributed by atoms with Crippen molar-refractivity contribution >= 4 is 35.5 Å². The minimum atomic E-state index is -0.113. The summed E-state index contributed by atoms with van der Waals surface area (Å²) >= 11 is 1.20. The molecule has 0 spiro atoms. The molecule has 0 fully saturated rings. The van der Waals surface area contributed by atoms with Gasteiger partial charge in [0.1, 0.15) is 0 Å². The predicted octanol–water partition coefficient (Wildman–Crippen LogP) is 2.47. The highest BCUT2D eigenvalue weighted by molar-refractivity contribution is 7.99. The molecule has 0 saturated carbocycles. The van der Waals surface area contributed by atoms with Crippen molar-refractivity contribution in [1.82, 2.24) is 20.2 Å². The van der Waals surface area contributed by atoms with Crippen molar-refractivity contribution in [1.29, 1.82) is 0 Å². The second-order valence-electron chi connectivity index (χ2n) is 7.02. The number of amides is 1. The second kappa shape index (κ2) is 10.5. The standard InChI is InChI=1S/C21H26N8OS/c1-15(17-7-5-4-6-8-17)24-19(30)14-31-21-27-26-20(29(21)22)25-23-13-16-9-11-18(12-10-16)28(2)3/h4-13,15H,14,22H2,1-3H3,(H,24,30)(H,25,26)/b23-13+. The molecule has 0 aliphatic heterocycles. The third kappa shape index (κ3) is 6.22. The number of anilines is 2. The van der Waals surface area contributed by atoms with Crippen LogP contribution in [-0.2, 0) is 4.79 Å². The molecule has 0 saturated heterocycles. The van der Waals surface area contributed by atoms with E-state index in [1.807, 2.05) is 80.5 Å². The molecule has 31 heavy (non-hydrogen) atoms. The summed E-state index contributed by atoms with van der Waals surface area (Å²) in [5.41, 5.74) is 5.85. The van der Waals surface area contributed by atoms with Gasteiger partial charge in [0, 0.05) is 19.8 Å². The molecule has 162 valence electrons. The normalized spacial score (nSPS) is 12.0. The highest BCUT2D eigenvalue weighted by Gasteiger charge is 2.14. The monoisotopic (exact) mass is 438 g/mol. The van der Waals surface area contributed by atoms with Crippen LogP contribution in [-0.4, -0.2) is 46.8 Å². The maximum atomic E-state index is 12.2. The first-order valence-corrected chi connectivity index (χ1v) is 10.7. The fourth-order valence-electron chi connectivity index (χ4n) is 2.71. The van der Waals surface area contributed by atoms with Gasteiger partial charge >= 0.3 is 0 Å². The van der Waals surface area contributed by atoms with Gasteiger partial charge in [-0.2, -0.15) is 5.10 Å². The molecule has 1 aromatic heterocycles. The number of hydrogen-bond acceptors (Lipinski definition) is 8. The van der Waals surface area contributed by atoms with Gasteiger partial charge in [0.05, 0.1) is 18.0 Å². The van der Waals surface area contributed by atoms with E-state index < -0.39 is 0 Å². The van der Waals surface area contributed by atoms with Gasteiger partial charge in [0.25, 0.3) is 5.95 Å². The molecule has 1 unspecified atom stereocenters. The van der Waals surface area contributed by atoms with E-state index in [1.165, 1.54) is 16.4 Å². The predicted molar refractivity (Wildman–Crippen MR) is 126 cm³/mol. The zero-order valence-electron chi connectivity index (χ0n) is 17.7. The number of carbonyl (C=O) groups is 1. The number of hydrazone groups is 1. The maximum absolute atomic E-state index is 12.2. The molecule has 1 atom stereocenters. The lowest BCUT2D eigenvalue weighted by atomic mass is 10.1. The molecule has 1 heterocycles. The fraction of sp³-hybridized carbons (Fsp3) is 0.238. The fourth-order valence-corrected chi connectivity index (χ4v) is 3.38. The van der Waals surface area contributed by atoms with Crippen LogP contribution in [0, 0.1) is 0 Å². The number of aromatic nitrogens is 3. The average Bonchev–Trinajstić information content (AvgIpc) is 3.12. The Morgan fingerprint density at radius 3 is 2.58 bits per heavy atom. The van der Waals surface area contributed by atoms with E-state index in [1.54, 1.807) is 6.21 Å². The number of carbonyl (C=O) groups excluding carboxylic acids is 1. The number of thioether (sulfide) groups is 1. The van der Waals surface area contributed by atoms with E-state index in [9.17, 15) is 4.79 Å². The minimum absolute atomic E-state index is 0.0802. The van der Waals surface area contributed by atoms with Crippen LogP contribution in [0.3, 0.4) is 0 Å². The number of nitrogen functional groups attached to an aromatic ring is 1. The molecule has 3 rings (SSSR count). The Morgan fingerprint density at radius 2 is 1.90 bits per heavy atom. The van der Waals surface area contributed by atoms with E-state index in [0.717, 1.165) is 16.8 Å². The Balaban J connectivity index is 1.49. The van der Waals surface area contributed by atoms with Crippen LogP contribution in [0.1, 0.15) is 24.1 Å². The minimum Gasteiger partial charge on any atom is -0.378 e. The molecule has 1 amide bonds. The van der Waals surface area contributed by atoms with Crippen molar-refractivity contribution in [3.8, 4) is 0 Å². The molecule has 4 N–H and O–H groups in total. The van der Waals surface area contributed by atoms with Crippen LogP contribution in [0.25, 0.3) is 0 Å². The number of rotatable bonds is 9. The van der Waals surface area contributed by atoms with Gasteiger partial charge in [-0.3, -0.25) is 4.79 Å². The van der Waals surface area contributed by atoms with Gasteiger partial charge in [-0.25, -0.2) is 10.1 Å². The summed E-state index contributed by atoms with van der Waals surface area (Å²) in [5.74, 6) is 6.35. The van der Waals surface area contributed by atoms with Crippen molar-refractivity contribution in [2.24, 2.45) is 5.10 Å². The highest BCUT2D eigenvalue weighted by Crippen LogP contribution is 2.18. The molecular weight excluding hydrogens is 412 g/mol. The summed E-state index contributed by atoms with van der Waals surface area (Å²) in [5, 5.41) is 15.5.